The highest BCUT2D eigenvalue weighted by Crippen LogP contribution is 2.28. The molecule has 84 valence electrons. The van der Waals surface area contributed by atoms with Crippen molar-refractivity contribution in [2.75, 3.05) is 6.54 Å². The van der Waals surface area contributed by atoms with Crippen molar-refractivity contribution in [3.8, 4) is 0 Å². The van der Waals surface area contributed by atoms with Crippen LogP contribution in [-0.4, -0.2) is 27.4 Å². The van der Waals surface area contributed by atoms with Crippen LogP contribution < -0.4 is 5.32 Å². The first-order valence-electron chi connectivity index (χ1n) is 5.76. The Morgan fingerprint density at radius 2 is 2.13 bits per heavy atom. The fourth-order valence-corrected chi connectivity index (χ4v) is 2.49. The van der Waals surface area contributed by atoms with Gasteiger partial charge in [0.25, 0.3) is 0 Å². The van der Waals surface area contributed by atoms with Crippen molar-refractivity contribution in [2.45, 2.75) is 52.1 Å². The van der Waals surface area contributed by atoms with Gasteiger partial charge in [-0.3, -0.25) is 0 Å². The number of hydrogen-bond acceptors (Lipinski definition) is 3. The second-order valence-electron chi connectivity index (χ2n) is 4.71. The fourth-order valence-electron chi connectivity index (χ4n) is 2.49. The van der Waals surface area contributed by atoms with Crippen LogP contribution in [0.25, 0.3) is 0 Å². The highest BCUT2D eigenvalue weighted by molar-refractivity contribution is 5.08. The second-order valence-corrected chi connectivity index (χ2v) is 4.71. The zero-order valence-electron chi connectivity index (χ0n) is 9.99. The highest BCUT2D eigenvalue weighted by atomic mass is 15.3. The summed E-state index contributed by atoms with van der Waals surface area (Å²) >= 11 is 0. The van der Waals surface area contributed by atoms with Gasteiger partial charge in [0.15, 0.2) is 0 Å². The molecule has 0 amide bonds. The van der Waals surface area contributed by atoms with E-state index in [1.807, 2.05) is 6.92 Å². The monoisotopic (exact) mass is 208 g/mol. The molecule has 2 rings (SSSR count). The van der Waals surface area contributed by atoms with E-state index in [0.717, 1.165) is 18.2 Å². The summed E-state index contributed by atoms with van der Waals surface area (Å²) in [6.45, 7) is 9.73. The predicted molar refractivity (Wildman–Crippen MR) is 60.0 cm³/mol. The molecule has 2 heterocycles. The van der Waals surface area contributed by atoms with E-state index < -0.39 is 0 Å². The number of nitrogens with zero attached hydrogens (tertiary/aromatic N) is 3. The van der Waals surface area contributed by atoms with Crippen LogP contribution in [-0.2, 0) is 0 Å². The molecule has 2 atom stereocenters. The van der Waals surface area contributed by atoms with E-state index in [0.29, 0.717) is 18.0 Å². The molecule has 0 saturated carbocycles. The molecule has 0 aromatic carbocycles. The van der Waals surface area contributed by atoms with Gasteiger partial charge in [0, 0.05) is 18.0 Å². The molecule has 2 unspecified atom stereocenters. The molecule has 0 bridgehead atoms. The molecule has 0 aliphatic carbocycles. The highest BCUT2D eigenvalue weighted by Gasteiger charge is 2.29. The minimum Gasteiger partial charge on any atom is -0.314 e. The summed E-state index contributed by atoms with van der Waals surface area (Å²) in [7, 11) is 0. The number of rotatable bonds is 2. The summed E-state index contributed by atoms with van der Waals surface area (Å²) in [5.41, 5.74) is 0. The Morgan fingerprint density at radius 1 is 1.40 bits per heavy atom. The lowest BCUT2D eigenvalue weighted by molar-refractivity contribution is 0.492. The molecule has 1 aliphatic rings. The Labute approximate surface area is 91.1 Å². The largest absolute Gasteiger partial charge is 0.314 e. The molecule has 1 aromatic rings. The number of nitrogens with one attached hydrogen (secondary N) is 1. The smallest absolute Gasteiger partial charge is 0.137 e. The summed E-state index contributed by atoms with van der Waals surface area (Å²) in [4.78, 5) is 0. The van der Waals surface area contributed by atoms with E-state index in [-0.39, 0.29) is 0 Å². The van der Waals surface area contributed by atoms with Crippen LogP contribution in [0.5, 0.6) is 0 Å². The molecule has 1 aliphatic heterocycles. The topological polar surface area (TPSA) is 42.7 Å². The zero-order valence-corrected chi connectivity index (χ0v) is 9.99. The Hall–Kier alpha value is -0.900. The van der Waals surface area contributed by atoms with Crippen LogP contribution in [0.3, 0.4) is 0 Å². The molecule has 0 spiro atoms. The predicted octanol–water partition coefficient (Wildman–Crippen LogP) is 1.63. The van der Waals surface area contributed by atoms with Crippen molar-refractivity contribution in [1.82, 2.24) is 20.1 Å². The van der Waals surface area contributed by atoms with E-state index in [1.54, 1.807) is 0 Å². The Morgan fingerprint density at radius 3 is 2.67 bits per heavy atom. The van der Waals surface area contributed by atoms with Crippen molar-refractivity contribution >= 4 is 0 Å². The third-order valence-corrected chi connectivity index (χ3v) is 3.27. The normalized spacial score (nSPS) is 26.5. The minimum absolute atomic E-state index is 0.447. The van der Waals surface area contributed by atoms with Crippen LogP contribution in [0.15, 0.2) is 0 Å². The molecule has 1 N–H and O–H groups in total. The maximum Gasteiger partial charge on any atom is 0.137 e. The third kappa shape index (κ3) is 1.78. The molecule has 15 heavy (non-hydrogen) atoms. The van der Waals surface area contributed by atoms with E-state index in [1.165, 1.54) is 6.42 Å². The lowest BCUT2D eigenvalue weighted by atomic mass is 10.0. The van der Waals surface area contributed by atoms with Gasteiger partial charge in [-0.2, -0.15) is 0 Å². The van der Waals surface area contributed by atoms with E-state index in [9.17, 15) is 0 Å². The molecule has 1 saturated heterocycles. The van der Waals surface area contributed by atoms with Crippen LogP contribution in [0.4, 0.5) is 0 Å². The van der Waals surface area contributed by atoms with Crippen molar-refractivity contribution in [1.29, 1.82) is 0 Å². The molecular formula is C11H20N4. The molecule has 4 heteroatoms. The first kappa shape index (κ1) is 10.6. The van der Waals surface area contributed by atoms with Gasteiger partial charge in [0.05, 0.1) is 0 Å². The molecule has 1 aromatic heterocycles. The first-order valence-corrected chi connectivity index (χ1v) is 5.76. The van der Waals surface area contributed by atoms with Gasteiger partial charge in [0.1, 0.15) is 11.6 Å². The van der Waals surface area contributed by atoms with Gasteiger partial charge in [-0.05, 0) is 40.7 Å². The van der Waals surface area contributed by atoms with Gasteiger partial charge in [-0.1, -0.05) is 0 Å². The van der Waals surface area contributed by atoms with Crippen molar-refractivity contribution in [3.63, 3.8) is 0 Å². The van der Waals surface area contributed by atoms with Crippen molar-refractivity contribution in [2.24, 2.45) is 0 Å². The van der Waals surface area contributed by atoms with Gasteiger partial charge >= 0.3 is 0 Å². The van der Waals surface area contributed by atoms with Gasteiger partial charge in [0.2, 0.25) is 0 Å². The quantitative estimate of drug-likeness (QED) is 0.803. The van der Waals surface area contributed by atoms with Gasteiger partial charge < -0.3 is 9.88 Å². The molecular weight excluding hydrogens is 188 g/mol. The lowest BCUT2D eigenvalue weighted by Crippen LogP contribution is -2.24. The molecule has 4 nitrogen and oxygen atoms in total. The first-order chi connectivity index (χ1) is 7.11. The van der Waals surface area contributed by atoms with E-state index in [2.05, 4.69) is 40.9 Å². The standard InChI is InChI=1S/C11H20N4/c1-7(2)15-9(4)13-14-11(15)10-5-6-12-8(10)3/h7-8,10,12H,5-6H2,1-4H3. The Kier molecular flexibility index (Phi) is 2.78. The summed E-state index contributed by atoms with van der Waals surface area (Å²) in [6, 6.07) is 0.967. The van der Waals surface area contributed by atoms with Crippen LogP contribution >= 0.6 is 0 Å². The minimum atomic E-state index is 0.447. The molecule has 1 fully saturated rings. The van der Waals surface area contributed by atoms with Crippen LogP contribution in [0, 0.1) is 6.92 Å². The zero-order chi connectivity index (χ0) is 11.0. The van der Waals surface area contributed by atoms with E-state index >= 15 is 0 Å². The van der Waals surface area contributed by atoms with Crippen molar-refractivity contribution < 1.29 is 0 Å². The Balaban J connectivity index is 2.35. The molecule has 0 radical (unpaired) electrons. The van der Waals surface area contributed by atoms with Crippen molar-refractivity contribution in [3.05, 3.63) is 11.6 Å². The Bertz CT molecular complexity index is 342. The average molecular weight is 208 g/mol. The van der Waals surface area contributed by atoms with Crippen LogP contribution in [0.2, 0.25) is 0 Å². The van der Waals surface area contributed by atoms with Gasteiger partial charge in [-0.25, -0.2) is 0 Å². The fraction of sp³-hybridized carbons (Fsp3) is 0.818. The third-order valence-electron chi connectivity index (χ3n) is 3.27. The average Bonchev–Trinajstić information content (AvgIpc) is 2.71. The van der Waals surface area contributed by atoms with E-state index in [4.69, 9.17) is 0 Å². The lowest BCUT2D eigenvalue weighted by Gasteiger charge is -2.18. The second kappa shape index (κ2) is 3.93. The number of aryl methyl sites for hydroxylation is 1. The van der Waals surface area contributed by atoms with Crippen LogP contribution in [0.1, 0.15) is 50.8 Å². The summed E-state index contributed by atoms with van der Waals surface area (Å²) in [5.74, 6) is 2.70. The summed E-state index contributed by atoms with van der Waals surface area (Å²) < 4.78 is 2.26. The summed E-state index contributed by atoms with van der Waals surface area (Å²) in [5, 5.41) is 12.0. The summed E-state index contributed by atoms with van der Waals surface area (Å²) in [6.07, 6.45) is 1.17. The van der Waals surface area contributed by atoms with Gasteiger partial charge in [-0.15, -0.1) is 10.2 Å². The number of hydrogen-bond donors (Lipinski definition) is 1. The SMILES string of the molecule is Cc1nnc(C2CCNC2C)n1C(C)C. The number of aromatic nitrogens is 3. The maximum absolute atomic E-state index is 4.34. The maximum atomic E-state index is 4.34.